The van der Waals surface area contributed by atoms with Crippen molar-refractivity contribution in [1.29, 1.82) is 0 Å². The van der Waals surface area contributed by atoms with Crippen LogP contribution >= 0.6 is 0 Å². The van der Waals surface area contributed by atoms with Crippen LogP contribution in [0.15, 0.2) is 30.3 Å². The summed E-state index contributed by atoms with van der Waals surface area (Å²) in [4.78, 5) is 17.3. The van der Waals surface area contributed by atoms with Crippen molar-refractivity contribution in [2.45, 2.75) is 45.2 Å². The number of amides is 1. The van der Waals surface area contributed by atoms with Crippen molar-refractivity contribution in [3.05, 3.63) is 53.1 Å². The summed E-state index contributed by atoms with van der Waals surface area (Å²) in [6.07, 6.45) is 0. The number of halogens is 1. The van der Waals surface area contributed by atoms with E-state index < -0.39 is 0 Å². The van der Waals surface area contributed by atoms with E-state index in [4.69, 9.17) is 0 Å². The molecule has 1 aromatic carbocycles. The van der Waals surface area contributed by atoms with Crippen molar-refractivity contribution in [3.63, 3.8) is 0 Å². The largest absolute Gasteiger partial charge is 0.335 e. The van der Waals surface area contributed by atoms with E-state index in [-0.39, 0.29) is 29.6 Å². The molecule has 5 nitrogen and oxygen atoms in total. The van der Waals surface area contributed by atoms with Crippen LogP contribution in [0, 0.1) is 5.82 Å². The fraction of sp³-hybridized carbons (Fsp3) is 0.524. The Kier molecular flexibility index (Phi) is 5.65. The Balaban J connectivity index is 1.87. The second-order valence-electron chi connectivity index (χ2n) is 7.82. The van der Waals surface area contributed by atoms with Gasteiger partial charge in [0.1, 0.15) is 11.5 Å². The standard InChI is InChI=1S/C21H29FN4O/c1-6-26-19(11-18(23-26)14(2)3)21(27)25-12-17(20(13-25)24(4)5)15-7-9-16(22)10-8-15/h7-11,14,17,20H,6,12-13H2,1-5H3/t17-,20+/m0/s1. The molecule has 1 aromatic heterocycles. The molecule has 1 amide bonds. The number of aromatic nitrogens is 2. The summed E-state index contributed by atoms with van der Waals surface area (Å²) >= 11 is 0. The van der Waals surface area contributed by atoms with Crippen LogP contribution in [0.2, 0.25) is 0 Å². The van der Waals surface area contributed by atoms with Crippen molar-refractivity contribution >= 4 is 5.91 Å². The monoisotopic (exact) mass is 372 g/mol. The van der Waals surface area contributed by atoms with Crippen LogP contribution in [-0.4, -0.2) is 58.7 Å². The Labute approximate surface area is 160 Å². The van der Waals surface area contributed by atoms with Gasteiger partial charge in [-0.2, -0.15) is 5.10 Å². The molecule has 0 spiro atoms. The average Bonchev–Trinajstić information content (AvgIpc) is 3.26. The van der Waals surface area contributed by atoms with E-state index in [1.165, 1.54) is 12.1 Å². The van der Waals surface area contributed by atoms with E-state index in [1.54, 1.807) is 4.68 Å². The number of nitrogens with zero attached hydrogens (tertiary/aromatic N) is 4. The molecule has 0 unspecified atom stereocenters. The summed E-state index contributed by atoms with van der Waals surface area (Å²) in [7, 11) is 4.06. The number of benzene rings is 1. The molecular formula is C21H29FN4O. The third-order valence-corrected chi connectivity index (χ3v) is 5.45. The van der Waals surface area contributed by atoms with Gasteiger partial charge in [-0.25, -0.2) is 4.39 Å². The number of carbonyl (C=O) groups is 1. The van der Waals surface area contributed by atoms with Gasteiger partial charge in [0.2, 0.25) is 0 Å². The molecule has 6 heteroatoms. The zero-order chi connectivity index (χ0) is 19.7. The van der Waals surface area contributed by atoms with E-state index in [9.17, 15) is 9.18 Å². The minimum Gasteiger partial charge on any atom is -0.335 e. The summed E-state index contributed by atoms with van der Waals surface area (Å²) in [5, 5.41) is 4.58. The average molecular weight is 372 g/mol. The predicted molar refractivity (Wildman–Crippen MR) is 105 cm³/mol. The molecule has 0 bridgehead atoms. The molecule has 1 saturated heterocycles. The third-order valence-electron chi connectivity index (χ3n) is 5.45. The van der Waals surface area contributed by atoms with Gasteiger partial charge in [0.25, 0.3) is 5.91 Å². The maximum absolute atomic E-state index is 13.3. The predicted octanol–water partition coefficient (Wildman–Crippen LogP) is 3.34. The molecule has 0 radical (unpaired) electrons. The van der Waals surface area contributed by atoms with Gasteiger partial charge in [-0.3, -0.25) is 9.48 Å². The van der Waals surface area contributed by atoms with Gasteiger partial charge in [-0.05, 0) is 50.7 Å². The zero-order valence-corrected chi connectivity index (χ0v) is 16.8. The lowest BCUT2D eigenvalue weighted by Gasteiger charge is -2.25. The van der Waals surface area contributed by atoms with Crippen molar-refractivity contribution in [1.82, 2.24) is 19.6 Å². The Morgan fingerprint density at radius 2 is 1.93 bits per heavy atom. The molecule has 3 rings (SSSR count). The van der Waals surface area contributed by atoms with Gasteiger partial charge in [0.05, 0.1) is 5.69 Å². The molecular weight excluding hydrogens is 343 g/mol. The van der Waals surface area contributed by atoms with Crippen LogP contribution < -0.4 is 0 Å². The van der Waals surface area contributed by atoms with Gasteiger partial charge in [-0.1, -0.05) is 26.0 Å². The molecule has 1 aliphatic heterocycles. The fourth-order valence-corrected chi connectivity index (χ4v) is 3.81. The molecule has 0 N–H and O–H groups in total. The topological polar surface area (TPSA) is 41.4 Å². The SMILES string of the molecule is CCn1nc(C(C)C)cc1C(=O)N1C[C@@H](N(C)C)[C@H](c2ccc(F)cc2)C1. The van der Waals surface area contributed by atoms with E-state index in [1.807, 2.05) is 44.1 Å². The number of aryl methyl sites for hydroxylation is 1. The highest BCUT2D eigenvalue weighted by atomic mass is 19.1. The first-order valence-electron chi connectivity index (χ1n) is 9.60. The van der Waals surface area contributed by atoms with Crippen molar-refractivity contribution in [2.24, 2.45) is 0 Å². The first kappa shape index (κ1) is 19.5. The smallest absolute Gasteiger partial charge is 0.272 e. The molecule has 1 aliphatic rings. The number of carbonyl (C=O) groups excluding carboxylic acids is 1. The van der Waals surface area contributed by atoms with Gasteiger partial charge < -0.3 is 9.80 Å². The number of likely N-dealkylation sites (N-methyl/N-ethyl adjacent to an activating group) is 1. The zero-order valence-electron chi connectivity index (χ0n) is 16.8. The minimum absolute atomic E-state index is 0.0210. The van der Waals surface area contributed by atoms with Gasteiger partial charge >= 0.3 is 0 Å². The van der Waals surface area contributed by atoms with Crippen molar-refractivity contribution < 1.29 is 9.18 Å². The lowest BCUT2D eigenvalue weighted by molar-refractivity contribution is 0.0770. The summed E-state index contributed by atoms with van der Waals surface area (Å²) in [6, 6.07) is 8.77. The second kappa shape index (κ2) is 7.80. The number of hydrogen-bond donors (Lipinski definition) is 0. The van der Waals surface area contributed by atoms with Gasteiger partial charge in [-0.15, -0.1) is 0 Å². The van der Waals surface area contributed by atoms with E-state index in [2.05, 4.69) is 23.8 Å². The fourth-order valence-electron chi connectivity index (χ4n) is 3.81. The maximum atomic E-state index is 13.3. The molecule has 0 saturated carbocycles. The quantitative estimate of drug-likeness (QED) is 0.808. The first-order chi connectivity index (χ1) is 12.8. The summed E-state index contributed by atoms with van der Waals surface area (Å²) in [5.74, 6) is 0.225. The van der Waals surface area contributed by atoms with Crippen molar-refractivity contribution in [3.8, 4) is 0 Å². The molecule has 2 atom stereocenters. The van der Waals surface area contributed by atoms with Crippen LogP contribution in [0.25, 0.3) is 0 Å². The van der Waals surface area contributed by atoms with Crippen LogP contribution in [0.1, 0.15) is 54.4 Å². The number of likely N-dealkylation sites (tertiary alicyclic amines) is 1. The highest BCUT2D eigenvalue weighted by molar-refractivity contribution is 5.93. The lowest BCUT2D eigenvalue weighted by Crippen LogP contribution is -2.36. The molecule has 2 aromatic rings. The van der Waals surface area contributed by atoms with Crippen LogP contribution in [-0.2, 0) is 6.54 Å². The minimum atomic E-state index is -0.237. The highest BCUT2D eigenvalue weighted by Crippen LogP contribution is 2.31. The Hall–Kier alpha value is -2.21. The van der Waals surface area contributed by atoms with Gasteiger partial charge in [0.15, 0.2) is 0 Å². The normalized spacial score (nSPS) is 20.1. The van der Waals surface area contributed by atoms with Crippen LogP contribution in [0.3, 0.4) is 0 Å². The van der Waals surface area contributed by atoms with Gasteiger partial charge in [0, 0.05) is 31.6 Å². The molecule has 2 heterocycles. The maximum Gasteiger partial charge on any atom is 0.272 e. The van der Waals surface area contributed by atoms with E-state index in [0.717, 1.165) is 11.3 Å². The Morgan fingerprint density at radius 1 is 1.26 bits per heavy atom. The molecule has 146 valence electrons. The molecule has 0 aliphatic carbocycles. The van der Waals surface area contributed by atoms with Crippen LogP contribution in [0.5, 0.6) is 0 Å². The first-order valence-corrected chi connectivity index (χ1v) is 9.60. The molecule has 1 fully saturated rings. The van der Waals surface area contributed by atoms with E-state index in [0.29, 0.717) is 25.3 Å². The number of hydrogen-bond acceptors (Lipinski definition) is 3. The lowest BCUT2D eigenvalue weighted by atomic mass is 9.94. The third kappa shape index (κ3) is 3.90. The molecule has 27 heavy (non-hydrogen) atoms. The number of rotatable bonds is 5. The summed E-state index contributed by atoms with van der Waals surface area (Å²) in [5.41, 5.74) is 2.66. The Bertz CT molecular complexity index is 797. The summed E-state index contributed by atoms with van der Waals surface area (Å²) in [6.45, 7) is 8.11. The van der Waals surface area contributed by atoms with Crippen molar-refractivity contribution in [2.75, 3.05) is 27.2 Å². The Morgan fingerprint density at radius 3 is 2.48 bits per heavy atom. The van der Waals surface area contributed by atoms with E-state index >= 15 is 0 Å². The second-order valence-corrected chi connectivity index (χ2v) is 7.82. The van der Waals surface area contributed by atoms with Crippen LogP contribution in [0.4, 0.5) is 4.39 Å². The summed E-state index contributed by atoms with van der Waals surface area (Å²) < 4.78 is 15.1. The highest BCUT2D eigenvalue weighted by Gasteiger charge is 2.38.